The highest BCUT2D eigenvalue weighted by Gasteiger charge is 2.33. The van der Waals surface area contributed by atoms with Gasteiger partial charge in [0, 0.05) is 39.9 Å². The van der Waals surface area contributed by atoms with E-state index in [2.05, 4.69) is 27.3 Å². The molecule has 3 heterocycles. The van der Waals surface area contributed by atoms with Crippen LogP contribution in [0.25, 0.3) is 33.2 Å². The number of rotatable bonds is 3. The smallest absolute Gasteiger partial charge is 0.163 e. The largest absolute Gasteiger partial charge is 0.347 e. The maximum absolute atomic E-state index is 6.28. The quantitative estimate of drug-likeness (QED) is 0.419. The number of fused-ring (bicyclic) bond motifs is 1. The highest BCUT2D eigenvalue weighted by atomic mass is 35.5. The average molecular weight is 418 g/mol. The van der Waals surface area contributed by atoms with Crippen molar-refractivity contribution in [3.05, 3.63) is 77.7 Å². The summed E-state index contributed by atoms with van der Waals surface area (Å²) in [7, 11) is 0. The SMILES string of the molecule is CC1(C)OCC(c2cncc(-c3ccccc3-c3nnc(Cl)c4ccccc34)c2)O1. The first-order chi connectivity index (χ1) is 14.5. The molecule has 1 aliphatic rings. The van der Waals surface area contributed by atoms with Crippen LogP contribution in [0.5, 0.6) is 0 Å². The molecule has 5 rings (SSSR count). The normalized spacial score (nSPS) is 18.0. The summed E-state index contributed by atoms with van der Waals surface area (Å²) in [5.41, 5.74) is 4.75. The molecule has 1 saturated heterocycles. The van der Waals surface area contributed by atoms with Crippen molar-refractivity contribution >= 4 is 22.4 Å². The van der Waals surface area contributed by atoms with Crippen molar-refractivity contribution in [3.63, 3.8) is 0 Å². The molecule has 30 heavy (non-hydrogen) atoms. The van der Waals surface area contributed by atoms with E-state index in [1.165, 1.54) is 0 Å². The number of ether oxygens (including phenoxy) is 2. The minimum Gasteiger partial charge on any atom is -0.347 e. The van der Waals surface area contributed by atoms with Crippen LogP contribution in [0.4, 0.5) is 0 Å². The van der Waals surface area contributed by atoms with Crippen molar-refractivity contribution in [2.75, 3.05) is 6.61 Å². The molecule has 1 atom stereocenters. The molecular formula is C24H20ClN3O2. The second kappa shape index (κ2) is 7.43. The number of pyridine rings is 1. The lowest BCUT2D eigenvalue weighted by Crippen LogP contribution is -2.19. The van der Waals surface area contributed by atoms with Crippen LogP contribution in [-0.4, -0.2) is 27.6 Å². The lowest BCUT2D eigenvalue weighted by Gasteiger charge is -2.17. The molecule has 2 aromatic heterocycles. The van der Waals surface area contributed by atoms with Crippen molar-refractivity contribution in [2.24, 2.45) is 0 Å². The monoisotopic (exact) mass is 417 g/mol. The molecule has 1 aliphatic heterocycles. The molecule has 0 aliphatic carbocycles. The molecular weight excluding hydrogens is 398 g/mol. The summed E-state index contributed by atoms with van der Waals surface area (Å²) in [6, 6.07) is 18.1. The van der Waals surface area contributed by atoms with Gasteiger partial charge in [-0.3, -0.25) is 4.98 Å². The van der Waals surface area contributed by atoms with Crippen LogP contribution in [-0.2, 0) is 9.47 Å². The Morgan fingerprint density at radius 3 is 2.43 bits per heavy atom. The molecule has 1 fully saturated rings. The Hall–Kier alpha value is -2.86. The van der Waals surface area contributed by atoms with Gasteiger partial charge in [-0.1, -0.05) is 60.1 Å². The van der Waals surface area contributed by atoms with Gasteiger partial charge in [0.2, 0.25) is 0 Å². The van der Waals surface area contributed by atoms with Crippen molar-refractivity contribution in [1.29, 1.82) is 0 Å². The highest BCUT2D eigenvalue weighted by Crippen LogP contribution is 2.38. The molecule has 0 bridgehead atoms. The van der Waals surface area contributed by atoms with E-state index in [1.54, 1.807) is 0 Å². The first-order valence-corrected chi connectivity index (χ1v) is 10.2. The molecule has 2 aromatic carbocycles. The molecule has 0 radical (unpaired) electrons. The van der Waals surface area contributed by atoms with Crippen LogP contribution >= 0.6 is 11.6 Å². The highest BCUT2D eigenvalue weighted by molar-refractivity contribution is 6.34. The predicted molar refractivity (Wildman–Crippen MR) is 117 cm³/mol. The number of benzene rings is 2. The van der Waals surface area contributed by atoms with Crippen LogP contribution in [0.3, 0.4) is 0 Å². The van der Waals surface area contributed by atoms with Crippen LogP contribution in [0.1, 0.15) is 25.5 Å². The van der Waals surface area contributed by atoms with Gasteiger partial charge >= 0.3 is 0 Å². The predicted octanol–water partition coefficient (Wildman–Crippen LogP) is 5.84. The van der Waals surface area contributed by atoms with Gasteiger partial charge in [-0.15, -0.1) is 10.2 Å². The summed E-state index contributed by atoms with van der Waals surface area (Å²) in [5.74, 6) is -0.587. The number of hydrogen-bond donors (Lipinski definition) is 0. The maximum atomic E-state index is 6.28. The van der Waals surface area contributed by atoms with Crippen LogP contribution in [0, 0.1) is 0 Å². The van der Waals surface area contributed by atoms with E-state index in [9.17, 15) is 0 Å². The second-order valence-corrected chi connectivity index (χ2v) is 8.11. The molecule has 0 spiro atoms. The van der Waals surface area contributed by atoms with E-state index >= 15 is 0 Å². The number of nitrogens with zero attached hydrogens (tertiary/aromatic N) is 3. The summed E-state index contributed by atoms with van der Waals surface area (Å²) in [6.07, 6.45) is 3.55. The minimum absolute atomic E-state index is 0.143. The van der Waals surface area contributed by atoms with Crippen molar-refractivity contribution in [3.8, 4) is 22.4 Å². The molecule has 4 aromatic rings. The van der Waals surface area contributed by atoms with Gasteiger partial charge in [-0.25, -0.2) is 0 Å². The summed E-state index contributed by atoms with van der Waals surface area (Å²) >= 11 is 6.28. The van der Waals surface area contributed by atoms with Gasteiger partial charge < -0.3 is 9.47 Å². The number of hydrogen-bond acceptors (Lipinski definition) is 5. The summed E-state index contributed by atoms with van der Waals surface area (Å²) < 4.78 is 11.7. The Bertz CT molecular complexity index is 1240. The van der Waals surface area contributed by atoms with Crippen molar-refractivity contribution < 1.29 is 9.47 Å². The fourth-order valence-corrected chi connectivity index (χ4v) is 4.05. The average Bonchev–Trinajstić information content (AvgIpc) is 3.14. The third kappa shape index (κ3) is 3.45. The molecule has 0 saturated carbocycles. The van der Waals surface area contributed by atoms with Crippen LogP contribution in [0.15, 0.2) is 67.0 Å². The zero-order chi connectivity index (χ0) is 20.7. The molecule has 0 amide bonds. The Kier molecular flexibility index (Phi) is 4.74. The fourth-order valence-electron chi connectivity index (χ4n) is 3.84. The Balaban J connectivity index is 1.63. The van der Waals surface area contributed by atoms with E-state index in [-0.39, 0.29) is 6.10 Å². The van der Waals surface area contributed by atoms with E-state index in [1.807, 2.05) is 68.7 Å². The zero-order valence-corrected chi connectivity index (χ0v) is 17.4. The van der Waals surface area contributed by atoms with E-state index < -0.39 is 5.79 Å². The summed E-state index contributed by atoms with van der Waals surface area (Å²) in [6.45, 7) is 4.35. The Morgan fingerprint density at radius 2 is 1.67 bits per heavy atom. The molecule has 0 N–H and O–H groups in total. The Labute approximate surface area is 179 Å². The fraction of sp³-hybridized carbons (Fsp3) is 0.208. The van der Waals surface area contributed by atoms with E-state index in [4.69, 9.17) is 21.1 Å². The topological polar surface area (TPSA) is 57.1 Å². The molecule has 150 valence electrons. The van der Waals surface area contributed by atoms with Crippen molar-refractivity contribution in [1.82, 2.24) is 15.2 Å². The van der Waals surface area contributed by atoms with Crippen molar-refractivity contribution in [2.45, 2.75) is 25.7 Å². The van der Waals surface area contributed by atoms with E-state index in [0.717, 1.165) is 38.7 Å². The van der Waals surface area contributed by atoms with Crippen LogP contribution in [0.2, 0.25) is 5.15 Å². The first kappa shape index (κ1) is 19.1. The lowest BCUT2D eigenvalue weighted by molar-refractivity contribution is -0.139. The van der Waals surface area contributed by atoms with Gasteiger partial charge in [-0.2, -0.15) is 0 Å². The standard InChI is InChI=1S/C24H20ClN3O2/c1-24(2)29-14-21(30-24)16-11-15(12-26-13-16)17-7-3-4-8-18(17)22-19-9-5-6-10-20(19)23(25)28-27-22/h3-13,21H,14H2,1-2H3. The number of halogens is 1. The summed E-state index contributed by atoms with van der Waals surface area (Å²) in [5, 5.41) is 10.9. The van der Waals surface area contributed by atoms with E-state index in [0.29, 0.717) is 11.8 Å². The Morgan fingerprint density at radius 1 is 0.933 bits per heavy atom. The molecule has 1 unspecified atom stereocenters. The molecule has 5 nitrogen and oxygen atoms in total. The third-order valence-electron chi connectivity index (χ3n) is 5.27. The first-order valence-electron chi connectivity index (χ1n) is 9.79. The maximum Gasteiger partial charge on any atom is 0.163 e. The van der Waals surface area contributed by atoms with Gasteiger partial charge in [0.15, 0.2) is 10.9 Å². The van der Waals surface area contributed by atoms with Crippen LogP contribution < -0.4 is 0 Å². The van der Waals surface area contributed by atoms with Gasteiger partial charge in [0.25, 0.3) is 0 Å². The van der Waals surface area contributed by atoms with Gasteiger partial charge in [0.1, 0.15) is 11.8 Å². The number of aromatic nitrogens is 3. The minimum atomic E-state index is -0.587. The summed E-state index contributed by atoms with van der Waals surface area (Å²) in [4.78, 5) is 4.47. The second-order valence-electron chi connectivity index (χ2n) is 7.75. The zero-order valence-electron chi connectivity index (χ0n) is 16.7. The lowest BCUT2D eigenvalue weighted by atomic mass is 9.95. The van der Waals surface area contributed by atoms with Gasteiger partial charge in [-0.05, 0) is 25.5 Å². The third-order valence-corrected chi connectivity index (χ3v) is 5.55. The molecule has 6 heteroatoms. The van der Waals surface area contributed by atoms with Gasteiger partial charge in [0.05, 0.1) is 6.61 Å².